The maximum Gasteiger partial charge on any atom is 0.226 e. The van der Waals surface area contributed by atoms with Crippen molar-refractivity contribution in [1.82, 2.24) is 19.7 Å². The van der Waals surface area contributed by atoms with Crippen LogP contribution in [0.1, 0.15) is 35.4 Å². The number of hydrogen-bond acceptors (Lipinski definition) is 6. The summed E-state index contributed by atoms with van der Waals surface area (Å²) in [6, 6.07) is 12.0. The summed E-state index contributed by atoms with van der Waals surface area (Å²) in [6.45, 7) is 5.94. The van der Waals surface area contributed by atoms with Gasteiger partial charge < -0.3 is 14.8 Å². The Hall–Kier alpha value is -3.23. The summed E-state index contributed by atoms with van der Waals surface area (Å²) in [4.78, 5) is 19.1. The van der Waals surface area contributed by atoms with E-state index in [4.69, 9.17) is 9.47 Å². The van der Waals surface area contributed by atoms with Crippen LogP contribution in [0.4, 0.5) is 5.82 Å². The van der Waals surface area contributed by atoms with Gasteiger partial charge in [0.1, 0.15) is 11.6 Å². The first-order valence-corrected chi connectivity index (χ1v) is 11.5. The van der Waals surface area contributed by atoms with Crippen LogP contribution in [-0.2, 0) is 16.1 Å². The van der Waals surface area contributed by atoms with Gasteiger partial charge in [0.2, 0.25) is 5.91 Å². The van der Waals surface area contributed by atoms with Crippen LogP contribution in [0.3, 0.4) is 0 Å². The molecule has 2 aliphatic rings. The number of carbonyl (C=O) groups is 1. The number of aromatic nitrogens is 3. The van der Waals surface area contributed by atoms with E-state index < -0.39 is 0 Å². The van der Waals surface area contributed by atoms with Gasteiger partial charge in [0.05, 0.1) is 32.6 Å². The van der Waals surface area contributed by atoms with Crippen molar-refractivity contribution in [2.24, 2.45) is 0 Å². The lowest BCUT2D eigenvalue weighted by Crippen LogP contribution is -2.37. The molecule has 4 heterocycles. The number of carbonyl (C=O) groups excluding carboxylic acids is 1. The van der Waals surface area contributed by atoms with Crippen LogP contribution in [0, 0.1) is 0 Å². The van der Waals surface area contributed by atoms with Crippen LogP contribution in [-0.4, -0.2) is 65.0 Å². The number of rotatable bonds is 8. The van der Waals surface area contributed by atoms with Crippen LogP contribution >= 0.6 is 0 Å². The highest BCUT2D eigenvalue weighted by Crippen LogP contribution is 2.37. The van der Waals surface area contributed by atoms with E-state index in [1.807, 2.05) is 41.3 Å². The highest BCUT2D eigenvalue weighted by Gasteiger charge is 2.30. The minimum atomic E-state index is -0.0215. The zero-order valence-electron chi connectivity index (χ0n) is 18.7. The summed E-state index contributed by atoms with van der Waals surface area (Å²) in [6.07, 6.45) is 6.83. The van der Waals surface area contributed by atoms with Crippen LogP contribution in [0.25, 0.3) is 0 Å². The summed E-state index contributed by atoms with van der Waals surface area (Å²) in [5, 5.41) is 7.55. The third-order valence-electron chi connectivity index (χ3n) is 6.22. The van der Waals surface area contributed by atoms with E-state index in [9.17, 15) is 4.79 Å². The van der Waals surface area contributed by atoms with E-state index in [2.05, 4.69) is 32.4 Å². The predicted molar refractivity (Wildman–Crippen MR) is 124 cm³/mol. The number of pyridine rings is 1. The third kappa shape index (κ3) is 5.23. The van der Waals surface area contributed by atoms with E-state index >= 15 is 0 Å². The molecule has 3 aromatic rings. The molecule has 1 saturated heterocycles. The minimum Gasteiger partial charge on any atom is -0.494 e. The fourth-order valence-corrected chi connectivity index (χ4v) is 4.45. The highest BCUT2D eigenvalue weighted by molar-refractivity contribution is 5.94. The number of hydrogen-bond donors (Lipinski definition) is 1. The molecule has 0 aliphatic carbocycles. The molecule has 1 unspecified atom stereocenters. The second kappa shape index (κ2) is 10.1. The molecule has 33 heavy (non-hydrogen) atoms. The van der Waals surface area contributed by atoms with Gasteiger partial charge in [-0.3, -0.25) is 14.7 Å². The van der Waals surface area contributed by atoms with E-state index in [0.717, 1.165) is 67.5 Å². The van der Waals surface area contributed by atoms with Crippen LogP contribution in [0.5, 0.6) is 5.75 Å². The molecule has 1 aromatic carbocycles. The molecule has 8 nitrogen and oxygen atoms in total. The molecule has 2 aromatic heterocycles. The van der Waals surface area contributed by atoms with Crippen molar-refractivity contribution in [3.8, 4) is 5.75 Å². The average Bonchev–Trinajstić information content (AvgIpc) is 3.25. The lowest BCUT2D eigenvalue weighted by molar-refractivity contribution is -0.116. The lowest BCUT2D eigenvalue weighted by Gasteiger charge is -2.26. The van der Waals surface area contributed by atoms with Crippen molar-refractivity contribution in [2.75, 3.05) is 44.8 Å². The van der Waals surface area contributed by atoms with Gasteiger partial charge in [0.25, 0.3) is 0 Å². The smallest absolute Gasteiger partial charge is 0.226 e. The summed E-state index contributed by atoms with van der Waals surface area (Å²) in [5.74, 6) is 1.60. The molecule has 1 N–H and O–H groups in total. The summed E-state index contributed by atoms with van der Waals surface area (Å²) >= 11 is 0. The van der Waals surface area contributed by atoms with Gasteiger partial charge in [0.15, 0.2) is 0 Å². The van der Waals surface area contributed by atoms with Gasteiger partial charge in [-0.25, -0.2) is 4.68 Å². The van der Waals surface area contributed by atoms with Crippen molar-refractivity contribution >= 4 is 11.7 Å². The molecule has 8 heteroatoms. The Bertz CT molecular complexity index is 1060. The van der Waals surface area contributed by atoms with Gasteiger partial charge in [-0.1, -0.05) is 18.2 Å². The largest absolute Gasteiger partial charge is 0.494 e. The number of morpholine rings is 1. The Morgan fingerprint density at radius 1 is 1.12 bits per heavy atom. The van der Waals surface area contributed by atoms with Crippen molar-refractivity contribution in [3.63, 3.8) is 0 Å². The van der Waals surface area contributed by atoms with E-state index in [1.54, 1.807) is 6.20 Å². The fraction of sp³-hybridized carbons (Fsp3) is 0.400. The summed E-state index contributed by atoms with van der Waals surface area (Å²) < 4.78 is 13.2. The molecular formula is C25H29N5O3. The summed E-state index contributed by atoms with van der Waals surface area (Å²) in [7, 11) is 0. The highest BCUT2D eigenvalue weighted by atomic mass is 16.5. The van der Waals surface area contributed by atoms with Gasteiger partial charge in [0, 0.05) is 49.9 Å². The quantitative estimate of drug-likeness (QED) is 0.535. The van der Waals surface area contributed by atoms with Crippen molar-refractivity contribution in [2.45, 2.75) is 25.3 Å². The Kier molecular flexibility index (Phi) is 6.64. The summed E-state index contributed by atoms with van der Waals surface area (Å²) in [5.41, 5.74) is 3.17. The maximum atomic E-state index is 12.5. The topological polar surface area (TPSA) is 81.5 Å². The molecule has 0 saturated carbocycles. The van der Waals surface area contributed by atoms with Gasteiger partial charge in [-0.15, -0.1) is 0 Å². The maximum absolute atomic E-state index is 12.5. The van der Waals surface area contributed by atoms with Crippen LogP contribution < -0.4 is 10.1 Å². The first-order valence-electron chi connectivity index (χ1n) is 11.5. The first kappa shape index (κ1) is 21.6. The predicted octanol–water partition coefficient (Wildman–Crippen LogP) is 2.90. The molecule has 2 aliphatic heterocycles. The van der Waals surface area contributed by atoms with Crippen molar-refractivity contribution in [1.29, 1.82) is 0 Å². The number of fused-ring (bicyclic) bond motifs is 1. The standard InChI is InChI=1S/C25H29N5O3/c31-24-15-22(23-17-27-30(25(23)28-24)18-19-3-1-8-26-16-19)20-4-6-21(7-5-20)33-12-2-9-29-10-13-32-14-11-29/h1,3-8,16-17,22H,2,9-15,18H2,(H,28,31). The zero-order valence-corrected chi connectivity index (χ0v) is 18.7. The van der Waals surface area contributed by atoms with Gasteiger partial charge in [-0.2, -0.15) is 5.10 Å². The first-order chi connectivity index (χ1) is 16.3. The second-order valence-electron chi connectivity index (χ2n) is 8.50. The van der Waals surface area contributed by atoms with Crippen molar-refractivity contribution in [3.05, 3.63) is 71.7 Å². The van der Waals surface area contributed by atoms with Gasteiger partial charge in [-0.05, 0) is 35.7 Å². The number of benzene rings is 1. The number of anilines is 1. The molecular weight excluding hydrogens is 418 g/mol. The van der Waals surface area contributed by atoms with Gasteiger partial charge >= 0.3 is 0 Å². The molecule has 1 amide bonds. The number of ether oxygens (including phenoxy) is 2. The Morgan fingerprint density at radius 3 is 2.76 bits per heavy atom. The van der Waals surface area contributed by atoms with E-state index in [0.29, 0.717) is 19.6 Å². The molecule has 0 spiro atoms. The molecule has 0 radical (unpaired) electrons. The Labute approximate surface area is 193 Å². The van der Waals surface area contributed by atoms with E-state index in [-0.39, 0.29) is 11.8 Å². The van der Waals surface area contributed by atoms with E-state index in [1.165, 1.54) is 0 Å². The second-order valence-corrected chi connectivity index (χ2v) is 8.50. The Morgan fingerprint density at radius 2 is 1.97 bits per heavy atom. The normalized spacial score (nSPS) is 18.5. The average molecular weight is 448 g/mol. The Balaban J connectivity index is 1.22. The molecule has 0 bridgehead atoms. The fourth-order valence-electron chi connectivity index (χ4n) is 4.45. The van der Waals surface area contributed by atoms with Crippen LogP contribution in [0.2, 0.25) is 0 Å². The monoisotopic (exact) mass is 447 g/mol. The number of amides is 1. The SMILES string of the molecule is O=C1CC(c2ccc(OCCCN3CCOCC3)cc2)c2cnn(Cc3cccnc3)c2N1. The zero-order chi connectivity index (χ0) is 22.5. The number of nitrogens with zero attached hydrogens (tertiary/aromatic N) is 4. The number of nitrogens with one attached hydrogen (secondary N) is 1. The molecule has 1 atom stereocenters. The molecule has 5 rings (SSSR count). The molecule has 1 fully saturated rings. The van der Waals surface area contributed by atoms with Crippen molar-refractivity contribution < 1.29 is 14.3 Å². The van der Waals surface area contributed by atoms with Crippen LogP contribution in [0.15, 0.2) is 55.0 Å². The minimum absolute atomic E-state index is 0.00359. The third-order valence-corrected chi connectivity index (χ3v) is 6.22. The molecule has 172 valence electrons. The lowest BCUT2D eigenvalue weighted by atomic mass is 9.87.